The van der Waals surface area contributed by atoms with E-state index in [0.29, 0.717) is 12.8 Å². The summed E-state index contributed by atoms with van der Waals surface area (Å²) in [7, 11) is 5.43. The Labute approximate surface area is 121 Å². The molecule has 0 heterocycles. The van der Waals surface area contributed by atoms with Crippen molar-refractivity contribution in [2.24, 2.45) is 5.41 Å². The maximum atomic E-state index is 11.6. The third kappa shape index (κ3) is 2.49. The van der Waals surface area contributed by atoms with Crippen molar-refractivity contribution >= 4 is 21.9 Å². The Bertz CT molecular complexity index is 497. The number of carboxylic acid groups (broad SMARTS) is 1. The first-order valence-corrected chi connectivity index (χ1v) is 6.95. The number of hydrogen-bond donors (Lipinski definition) is 1. The lowest BCUT2D eigenvalue weighted by molar-refractivity contribution is -0.146. The normalized spacial score (nSPS) is 18.2. The molecule has 0 amide bonds. The minimum absolute atomic E-state index is 0.183. The zero-order chi connectivity index (χ0) is 14.2. The molecule has 1 saturated carbocycles. The number of benzene rings is 1. The highest BCUT2D eigenvalue weighted by Gasteiger charge is 2.58. The van der Waals surface area contributed by atoms with Crippen LogP contribution in [0.4, 0.5) is 0 Å². The summed E-state index contributed by atoms with van der Waals surface area (Å²) in [6, 6.07) is 5.54. The van der Waals surface area contributed by atoms with Crippen LogP contribution in [-0.2, 0) is 4.79 Å². The molecule has 1 atom stereocenters. The first-order valence-electron chi connectivity index (χ1n) is 6.15. The predicted molar refractivity (Wildman–Crippen MR) is 76.4 cm³/mol. The van der Waals surface area contributed by atoms with E-state index in [0.717, 1.165) is 15.8 Å². The summed E-state index contributed by atoms with van der Waals surface area (Å²) >= 11 is 3.45. The summed E-state index contributed by atoms with van der Waals surface area (Å²) in [6.07, 6.45) is 1.42. The molecule has 1 fully saturated rings. The number of hydrogen-bond acceptors (Lipinski definition) is 3. The van der Waals surface area contributed by atoms with Gasteiger partial charge in [-0.15, -0.1) is 0 Å². The van der Waals surface area contributed by atoms with Gasteiger partial charge < -0.3 is 14.7 Å². The Hall–Kier alpha value is -1.07. The second-order valence-corrected chi connectivity index (χ2v) is 6.13. The van der Waals surface area contributed by atoms with Gasteiger partial charge in [0.2, 0.25) is 0 Å². The van der Waals surface area contributed by atoms with Crippen molar-refractivity contribution in [1.82, 2.24) is 4.90 Å². The van der Waals surface area contributed by atoms with Gasteiger partial charge in [-0.1, -0.05) is 15.9 Å². The second-order valence-electron chi connectivity index (χ2n) is 5.21. The van der Waals surface area contributed by atoms with Gasteiger partial charge in [-0.05, 0) is 45.1 Å². The molecule has 1 N–H and O–H groups in total. The van der Waals surface area contributed by atoms with Gasteiger partial charge in [-0.25, -0.2) is 0 Å². The topological polar surface area (TPSA) is 49.8 Å². The molecule has 1 aliphatic carbocycles. The van der Waals surface area contributed by atoms with E-state index in [4.69, 9.17) is 4.74 Å². The fraction of sp³-hybridized carbons (Fsp3) is 0.500. The zero-order valence-corrected chi connectivity index (χ0v) is 12.9. The molecule has 0 bridgehead atoms. The predicted octanol–water partition coefficient (Wildman–Crippen LogP) is 2.93. The number of carboxylic acids is 1. The van der Waals surface area contributed by atoms with Crippen LogP contribution < -0.4 is 4.74 Å². The molecule has 2 rings (SSSR count). The summed E-state index contributed by atoms with van der Waals surface area (Å²) in [5.74, 6) is 0.00246. The molecule has 0 aliphatic heterocycles. The molecule has 104 valence electrons. The fourth-order valence-corrected chi connectivity index (χ4v) is 3.11. The lowest BCUT2D eigenvalue weighted by Gasteiger charge is -2.31. The minimum atomic E-state index is -0.728. The molecular formula is C14H18BrNO3. The lowest BCUT2D eigenvalue weighted by atomic mass is 9.88. The van der Waals surface area contributed by atoms with Crippen molar-refractivity contribution in [3.63, 3.8) is 0 Å². The summed E-state index contributed by atoms with van der Waals surface area (Å²) < 4.78 is 6.32. The number of nitrogens with zero attached hydrogens (tertiary/aromatic N) is 1. The molecule has 0 radical (unpaired) electrons. The highest BCUT2D eigenvalue weighted by atomic mass is 79.9. The fourth-order valence-electron chi connectivity index (χ4n) is 2.73. The molecule has 1 aromatic carbocycles. The van der Waals surface area contributed by atoms with Crippen molar-refractivity contribution in [2.75, 3.05) is 21.2 Å². The number of rotatable bonds is 5. The van der Waals surface area contributed by atoms with Crippen LogP contribution in [0.1, 0.15) is 24.4 Å². The molecule has 0 saturated heterocycles. The van der Waals surface area contributed by atoms with Gasteiger partial charge in [0.1, 0.15) is 5.75 Å². The molecule has 4 nitrogen and oxygen atoms in total. The van der Waals surface area contributed by atoms with Gasteiger partial charge in [-0.3, -0.25) is 4.79 Å². The van der Waals surface area contributed by atoms with Gasteiger partial charge in [-0.2, -0.15) is 0 Å². The lowest BCUT2D eigenvalue weighted by Crippen LogP contribution is -2.34. The van der Waals surface area contributed by atoms with Crippen molar-refractivity contribution in [1.29, 1.82) is 0 Å². The largest absolute Gasteiger partial charge is 0.496 e. The van der Waals surface area contributed by atoms with Crippen LogP contribution in [0.3, 0.4) is 0 Å². The molecule has 1 aromatic rings. The first-order chi connectivity index (χ1) is 8.92. The molecule has 0 aromatic heterocycles. The van der Waals surface area contributed by atoms with Crippen LogP contribution in [0.2, 0.25) is 0 Å². The second kappa shape index (κ2) is 5.13. The summed E-state index contributed by atoms with van der Waals surface area (Å²) in [5.41, 5.74) is 0.235. The number of carbonyl (C=O) groups is 1. The van der Waals surface area contributed by atoms with Gasteiger partial charge in [0.25, 0.3) is 0 Å². The number of methoxy groups -OCH3 is 1. The highest BCUT2D eigenvalue weighted by molar-refractivity contribution is 9.10. The van der Waals surface area contributed by atoms with E-state index in [-0.39, 0.29) is 6.04 Å². The summed E-state index contributed by atoms with van der Waals surface area (Å²) in [6.45, 7) is 0. The van der Waals surface area contributed by atoms with Crippen molar-refractivity contribution in [3.05, 3.63) is 28.2 Å². The Balaban J connectivity index is 2.52. The third-order valence-corrected chi connectivity index (χ3v) is 4.23. The SMILES string of the molecule is COc1ccc(Br)cc1C(N(C)C)C1(C(=O)O)CC1. The maximum Gasteiger partial charge on any atom is 0.311 e. The average molecular weight is 328 g/mol. The Morgan fingerprint density at radius 2 is 2.11 bits per heavy atom. The van der Waals surface area contributed by atoms with Gasteiger partial charge in [0.15, 0.2) is 0 Å². The van der Waals surface area contributed by atoms with E-state index >= 15 is 0 Å². The van der Waals surface area contributed by atoms with E-state index in [1.54, 1.807) is 7.11 Å². The van der Waals surface area contributed by atoms with E-state index < -0.39 is 11.4 Å². The molecular weight excluding hydrogens is 310 g/mol. The maximum absolute atomic E-state index is 11.6. The van der Waals surface area contributed by atoms with Crippen LogP contribution in [0, 0.1) is 5.41 Å². The molecule has 1 aliphatic rings. The highest BCUT2D eigenvalue weighted by Crippen LogP contribution is 2.58. The Morgan fingerprint density at radius 1 is 1.47 bits per heavy atom. The first kappa shape index (κ1) is 14.3. The smallest absolute Gasteiger partial charge is 0.311 e. The quantitative estimate of drug-likeness (QED) is 0.903. The van der Waals surface area contributed by atoms with Crippen LogP contribution in [-0.4, -0.2) is 37.2 Å². The van der Waals surface area contributed by atoms with Crippen LogP contribution in [0.15, 0.2) is 22.7 Å². The van der Waals surface area contributed by atoms with Gasteiger partial charge in [0, 0.05) is 10.0 Å². The molecule has 1 unspecified atom stereocenters. The standard InChI is InChI=1S/C14H18BrNO3/c1-16(2)12(14(6-7-14)13(17)18)10-8-9(15)4-5-11(10)19-3/h4-5,8,12H,6-7H2,1-3H3,(H,17,18). The minimum Gasteiger partial charge on any atom is -0.496 e. The molecule has 19 heavy (non-hydrogen) atoms. The molecule has 0 spiro atoms. The molecule has 5 heteroatoms. The number of aliphatic carboxylic acids is 1. The van der Waals surface area contributed by atoms with Crippen LogP contribution in [0.5, 0.6) is 5.75 Å². The van der Waals surface area contributed by atoms with E-state index in [2.05, 4.69) is 15.9 Å². The van der Waals surface area contributed by atoms with Gasteiger partial charge in [0.05, 0.1) is 18.6 Å². The van der Waals surface area contributed by atoms with E-state index in [9.17, 15) is 9.90 Å². The van der Waals surface area contributed by atoms with Crippen molar-refractivity contribution in [3.8, 4) is 5.75 Å². The number of ether oxygens (including phenoxy) is 1. The average Bonchev–Trinajstić information content (AvgIpc) is 3.10. The number of halogens is 1. The summed E-state index contributed by atoms with van der Waals surface area (Å²) in [4.78, 5) is 13.6. The van der Waals surface area contributed by atoms with E-state index in [1.165, 1.54) is 0 Å². The van der Waals surface area contributed by atoms with E-state index in [1.807, 2.05) is 37.2 Å². The monoisotopic (exact) mass is 327 g/mol. The summed E-state index contributed by atoms with van der Waals surface area (Å²) in [5, 5.41) is 9.54. The Kier molecular flexibility index (Phi) is 3.87. The zero-order valence-electron chi connectivity index (χ0n) is 11.3. The van der Waals surface area contributed by atoms with Crippen molar-refractivity contribution in [2.45, 2.75) is 18.9 Å². The van der Waals surface area contributed by atoms with Gasteiger partial charge >= 0.3 is 5.97 Å². The van der Waals surface area contributed by atoms with Crippen molar-refractivity contribution < 1.29 is 14.6 Å². The third-order valence-electron chi connectivity index (χ3n) is 3.74. The van der Waals surface area contributed by atoms with Crippen LogP contribution in [0.25, 0.3) is 0 Å². The Morgan fingerprint density at radius 3 is 2.53 bits per heavy atom. The van der Waals surface area contributed by atoms with Crippen LogP contribution >= 0.6 is 15.9 Å².